The molecule has 0 aliphatic heterocycles. The molecule has 1 aromatic rings. The van der Waals surface area contributed by atoms with Crippen LogP contribution in [-0.2, 0) is 9.84 Å². The SMILES string of the molecule is CCCS(=O)(=O)CCOc1c(N)cccc1C(=O)O. The molecule has 0 spiro atoms. The number of nitrogen functional groups attached to an aromatic ring is 1. The predicted molar refractivity (Wildman–Crippen MR) is 72.3 cm³/mol. The number of hydrogen-bond acceptors (Lipinski definition) is 5. The van der Waals surface area contributed by atoms with Gasteiger partial charge in [-0.2, -0.15) is 0 Å². The van der Waals surface area contributed by atoms with Crippen LogP contribution in [0, 0.1) is 0 Å². The fourth-order valence-electron chi connectivity index (χ4n) is 1.57. The van der Waals surface area contributed by atoms with Gasteiger partial charge in [0.05, 0.1) is 17.2 Å². The van der Waals surface area contributed by atoms with Gasteiger partial charge in [-0.05, 0) is 18.6 Å². The van der Waals surface area contributed by atoms with Gasteiger partial charge < -0.3 is 15.6 Å². The van der Waals surface area contributed by atoms with Crippen molar-refractivity contribution in [3.05, 3.63) is 23.8 Å². The third-order valence-corrected chi connectivity index (χ3v) is 4.25. The van der Waals surface area contributed by atoms with E-state index in [1.165, 1.54) is 18.2 Å². The number of ether oxygens (including phenoxy) is 1. The van der Waals surface area contributed by atoms with Crippen LogP contribution in [0.4, 0.5) is 5.69 Å². The van der Waals surface area contributed by atoms with Crippen molar-refractivity contribution in [2.75, 3.05) is 23.8 Å². The summed E-state index contributed by atoms with van der Waals surface area (Å²) in [7, 11) is -3.16. The van der Waals surface area contributed by atoms with Gasteiger partial charge in [-0.25, -0.2) is 13.2 Å². The van der Waals surface area contributed by atoms with E-state index in [4.69, 9.17) is 15.6 Å². The van der Waals surface area contributed by atoms with Crippen molar-refractivity contribution >= 4 is 21.5 Å². The quantitative estimate of drug-likeness (QED) is 0.729. The number of hydrogen-bond donors (Lipinski definition) is 2. The number of aromatic carboxylic acids is 1. The van der Waals surface area contributed by atoms with Crippen LogP contribution in [0.15, 0.2) is 18.2 Å². The normalized spacial score (nSPS) is 11.2. The average Bonchev–Trinajstić information content (AvgIpc) is 2.30. The zero-order valence-electron chi connectivity index (χ0n) is 10.6. The zero-order chi connectivity index (χ0) is 14.5. The Balaban J connectivity index is 2.76. The first-order chi connectivity index (χ1) is 8.87. The number of benzene rings is 1. The fourth-order valence-corrected chi connectivity index (χ4v) is 2.73. The number of para-hydroxylation sites is 1. The third kappa shape index (κ3) is 4.44. The average molecular weight is 287 g/mol. The summed E-state index contributed by atoms with van der Waals surface area (Å²) in [4.78, 5) is 11.0. The highest BCUT2D eigenvalue weighted by atomic mass is 32.2. The van der Waals surface area contributed by atoms with Crippen LogP contribution in [0.1, 0.15) is 23.7 Å². The lowest BCUT2D eigenvalue weighted by Crippen LogP contribution is -2.18. The maximum Gasteiger partial charge on any atom is 0.339 e. The second-order valence-electron chi connectivity index (χ2n) is 4.03. The van der Waals surface area contributed by atoms with Gasteiger partial charge >= 0.3 is 5.97 Å². The van der Waals surface area contributed by atoms with Crippen LogP contribution < -0.4 is 10.5 Å². The molecule has 1 aromatic carbocycles. The van der Waals surface area contributed by atoms with E-state index < -0.39 is 15.8 Å². The Morgan fingerprint density at radius 3 is 2.63 bits per heavy atom. The molecular weight excluding hydrogens is 270 g/mol. The van der Waals surface area contributed by atoms with Gasteiger partial charge in [0.25, 0.3) is 0 Å². The Hall–Kier alpha value is -1.76. The van der Waals surface area contributed by atoms with Crippen LogP contribution >= 0.6 is 0 Å². The van der Waals surface area contributed by atoms with Crippen molar-refractivity contribution in [3.8, 4) is 5.75 Å². The molecule has 0 radical (unpaired) electrons. The highest BCUT2D eigenvalue weighted by Crippen LogP contribution is 2.26. The summed E-state index contributed by atoms with van der Waals surface area (Å²) >= 11 is 0. The third-order valence-electron chi connectivity index (χ3n) is 2.43. The maximum absolute atomic E-state index is 11.5. The largest absolute Gasteiger partial charge is 0.489 e. The van der Waals surface area contributed by atoms with Crippen molar-refractivity contribution in [1.82, 2.24) is 0 Å². The number of rotatable bonds is 7. The van der Waals surface area contributed by atoms with Crippen molar-refractivity contribution in [3.63, 3.8) is 0 Å². The smallest absolute Gasteiger partial charge is 0.339 e. The minimum atomic E-state index is -3.16. The van der Waals surface area contributed by atoms with Gasteiger partial charge in [-0.15, -0.1) is 0 Å². The fraction of sp³-hybridized carbons (Fsp3) is 0.417. The summed E-state index contributed by atoms with van der Waals surface area (Å²) in [5.41, 5.74) is 5.73. The van der Waals surface area contributed by atoms with E-state index in [-0.39, 0.29) is 35.1 Å². The molecule has 0 heterocycles. The van der Waals surface area contributed by atoms with E-state index >= 15 is 0 Å². The maximum atomic E-state index is 11.5. The lowest BCUT2D eigenvalue weighted by molar-refractivity contribution is 0.0692. The summed E-state index contributed by atoms with van der Waals surface area (Å²) in [5.74, 6) is -1.22. The molecule has 0 saturated carbocycles. The van der Waals surface area contributed by atoms with E-state index in [1.807, 2.05) is 0 Å². The molecular formula is C12H17NO5S. The van der Waals surface area contributed by atoms with E-state index in [2.05, 4.69) is 0 Å². The molecule has 0 aromatic heterocycles. The number of nitrogens with two attached hydrogens (primary N) is 1. The first-order valence-corrected chi connectivity index (χ1v) is 7.64. The zero-order valence-corrected chi connectivity index (χ0v) is 11.4. The molecule has 0 saturated heterocycles. The van der Waals surface area contributed by atoms with Crippen molar-refractivity contribution in [2.24, 2.45) is 0 Å². The molecule has 3 N–H and O–H groups in total. The van der Waals surface area contributed by atoms with Crippen LogP contribution in [0.25, 0.3) is 0 Å². The highest BCUT2D eigenvalue weighted by molar-refractivity contribution is 7.91. The van der Waals surface area contributed by atoms with Gasteiger partial charge in [0.1, 0.15) is 12.2 Å². The highest BCUT2D eigenvalue weighted by Gasteiger charge is 2.15. The van der Waals surface area contributed by atoms with E-state index in [0.717, 1.165) is 0 Å². The van der Waals surface area contributed by atoms with E-state index in [0.29, 0.717) is 6.42 Å². The van der Waals surface area contributed by atoms with Gasteiger partial charge in [-0.1, -0.05) is 13.0 Å². The Morgan fingerprint density at radius 1 is 1.37 bits per heavy atom. The predicted octanol–water partition coefficient (Wildman–Crippen LogP) is 1.17. The molecule has 0 aliphatic carbocycles. The van der Waals surface area contributed by atoms with Crippen molar-refractivity contribution in [1.29, 1.82) is 0 Å². The summed E-state index contributed by atoms with van der Waals surface area (Å²) in [5, 5.41) is 8.98. The summed E-state index contributed by atoms with van der Waals surface area (Å²) < 4.78 is 28.2. The van der Waals surface area contributed by atoms with Crippen LogP contribution in [0.2, 0.25) is 0 Å². The van der Waals surface area contributed by atoms with Crippen LogP contribution in [-0.4, -0.2) is 37.6 Å². The summed E-state index contributed by atoms with van der Waals surface area (Å²) in [6.07, 6.45) is 0.538. The molecule has 19 heavy (non-hydrogen) atoms. The van der Waals surface area contributed by atoms with Crippen molar-refractivity contribution in [2.45, 2.75) is 13.3 Å². The molecule has 106 valence electrons. The molecule has 0 bridgehead atoms. The number of sulfone groups is 1. The van der Waals surface area contributed by atoms with Crippen molar-refractivity contribution < 1.29 is 23.1 Å². The Kier molecular flexibility index (Phi) is 5.17. The minimum absolute atomic E-state index is 0.0155. The van der Waals surface area contributed by atoms with Gasteiger partial charge in [0.15, 0.2) is 15.6 Å². The second-order valence-corrected chi connectivity index (χ2v) is 6.33. The number of anilines is 1. The van der Waals surface area contributed by atoms with Crippen LogP contribution in [0.5, 0.6) is 5.75 Å². The number of carboxylic acids is 1. The Morgan fingerprint density at radius 2 is 2.05 bits per heavy atom. The summed E-state index contributed by atoms with van der Waals surface area (Å²) in [6, 6.07) is 4.36. The first-order valence-electron chi connectivity index (χ1n) is 5.82. The number of carbonyl (C=O) groups is 1. The second kappa shape index (κ2) is 6.42. The minimum Gasteiger partial charge on any atom is -0.489 e. The number of carboxylic acid groups (broad SMARTS) is 1. The van der Waals surface area contributed by atoms with Gasteiger partial charge in [-0.3, -0.25) is 0 Å². The molecule has 0 aliphatic rings. The topological polar surface area (TPSA) is 107 Å². The molecule has 7 heteroatoms. The lowest BCUT2D eigenvalue weighted by Gasteiger charge is -2.11. The molecule has 0 unspecified atom stereocenters. The Bertz CT molecular complexity index is 553. The van der Waals surface area contributed by atoms with Gasteiger partial charge in [0.2, 0.25) is 0 Å². The lowest BCUT2D eigenvalue weighted by atomic mass is 10.2. The van der Waals surface area contributed by atoms with Gasteiger partial charge in [0, 0.05) is 0 Å². The molecule has 0 atom stereocenters. The first kappa shape index (κ1) is 15.3. The van der Waals surface area contributed by atoms with E-state index in [1.54, 1.807) is 6.92 Å². The molecule has 1 rings (SSSR count). The molecule has 0 fully saturated rings. The Labute approximate surface area is 112 Å². The summed E-state index contributed by atoms with van der Waals surface area (Å²) in [6.45, 7) is 1.66. The standard InChI is InChI=1S/C12H17NO5S/c1-2-7-19(16,17)8-6-18-11-9(12(14)15)4-3-5-10(11)13/h3-5H,2,6-8,13H2,1H3,(H,14,15). The van der Waals surface area contributed by atoms with Crippen LogP contribution in [0.3, 0.4) is 0 Å². The molecule has 6 nitrogen and oxygen atoms in total. The monoisotopic (exact) mass is 287 g/mol. The molecule has 0 amide bonds. The van der Waals surface area contributed by atoms with E-state index in [9.17, 15) is 13.2 Å².